The molecule has 0 bridgehead atoms. The summed E-state index contributed by atoms with van der Waals surface area (Å²) >= 11 is 3.11. The van der Waals surface area contributed by atoms with E-state index in [-0.39, 0.29) is 5.69 Å². The van der Waals surface area contributed by atoms with Crippen LogP contribution in [-0.2, 0) is 5.33 Å². The monoisotopic (exact) mass is 251 g/mol. The minimum Gasteiger partial charge on any atom is -0.496 e. The molecule has 72 valence electrons. The lowest BCUT2D eigenvalue weighted by molar-refractivity contribution is 0.144. The van der Waals surface area contributed by atoms with Gasteiger partial charge in [-0.25, -0.2) is 8.78 Å². The molecule has 0 saturated heterocycles. The van der Waals surface area contributed by atoms with Gasteiger partial charge in [0.25, 0.3) is 6.43 Å². The Balaban J connectivity index is 3.19. The van der Waals surface area contributed by atoms with Crippen molar-refractivity contribution < 1.29 is 13.5 Å². The predicted molar refractivity (Wildman–Crippen MR) is 48.4 cm³/mol. The van der Waals surface area contributed by atoms with Gasteiger partial charge in [-0.3, -0.25) is 4.98 Å². The number of methoxy groups -OCH3 is 1. The number of hydrogen-bond donors (Lipinski definition) is 0. The summed E-state index contributed by atoms with van der Waals surface area (Å²) in [7, 11) is 1.44. The van der Waals surface area contributed by atoms with E-state index in [1.807, 2.05) is 0 Å². The van der Waals surface area contributed by atoms with E-state index in [1.54, 1.807) is 6.07 Å². The van der Waals surface area contributed by atoms with Crippen LogP contribution in [0.2, 0.25) is 0 Å². The number of nitrogens with zero attached hydrogens (tertiary/aromatic N) is 1. The van der Waals surface area contributed by atoms with Crippen LogP contribution in [0.5, 0.6) is 5.75 Å². The maximum atomic E-state index is 12.4. The van der Waals surface area contributed by atoms with E-state index in [0.717, 1.165) is 0 Å². The molecule has 5 heteroatoms. The van der Waals surface area contributed by atoms with E-state index in [1.165, 1.54) is 13.3 Å². The average molecular weight is 252 g/mol. The third kappa shape index (κ3) is 2.15. The standard InChI is InChI=1S/C8H8BrF2NO/c1-13-6-2-3-12-7(8(10)11)5(6)4-9/h2-3,8H,4H2,1H3. The molecule has 1 aromatic heterocycles. The summed E-state index contributed by atoms with van der Waals surface area (Å²) < 4.78 is 29.7. The number of hydrogen-bond acceptors (Lipinski definition) is 2. The van der Waals surface area contributed by atoms with Gasteiger partial charge in [-0.15, -0.1) is 0 Å². The molecule has 0 saturated carbocycles. The van der Waals surface area contributed by atoms with Crippen molar-refractivity contribution in [3.63, 3.8) is 0 Å². The highest BCUT2D eigenvalue weighted by Crippen LogP contribution is 2.29. The highest BCUT2D eigenvalue weighted by molar-refractivity contribution is 9.08. The first-order valence-electron chi connectivity index (χ1n) is 3.56. The van der Waals surface area contributed by atoms with Gasteiger partial charge in [0.15, 0.2) is 0 Å². The maximum Gasteiger partial charge on any atom is 0.280 e. The first kappa shape index (κ1) is 10.4. The second-order valence-corrected chi connectivity index (χ2v) is 2.87. The zero-order valence-electron chi connectivity index (χ0n) is 6.93. The van der Waals surface area contributed by atoms with Crippen molar-refractivity contribution in [2.45, 2.75) is 11.8 Å². The molecule has 0 aromatic carbocycles. The van der Waals surface area contributed by atoms with Crippen LogP contribution in [-0.4, -0.2) is 12.1 Å². The summed E-state index contributed by atoms with van der Waals surface area (Å²) in [6.07, 6.45) is -1.26. The molecule has 0 unspecified atom stereocenters. The summed E-state index contributed by atoms with van der Waals surface area (Å²) in [6, 6.07) is 1.56. The van der Waals surface area contributed by atoms with Gasteiger partial charge < -0.3 is 4.74 Å². The van der Waals surface area contributed by atoms with E-state index >= 15 is 0 Å². The van der Waals surface area contributed by atoms with Crippen LogP contribution >= 0.6 is 15.9 Å². The Morgan fingerprint density at radius 1 is 1.62 bits per heavy atom. The molecule has 0 radical (unpaired) electrons. The Kier molecular flexibility index (Phi) is 3.59. The third-order valence-corrected chi connectivity index (χ3v) is 2.17. The predicted octanol–water partition coefficient (Wildman–Crippen LogP) is 2.92. The molecule has 0 aliphatic carbocycles. The van der Waals surface area contributed by atoms with Crippen molar-refractivity contribution >= 4 is 15.9 Å². The summed E-state index contributed by atoms with van der Waals surface area (Å²) in [6.45, 7) is 0. The fourth-order valence-corrected chi connectivity index (χ4v) is 1.57. The van der Waals surface area contributed by atoms with Crippen LogP contribution in [0, 0.1) is 0 Å². The van der Waals surface area contributed by atoms with Crippen molar-refractivity contribution in [1.82, 2.24) is 4.98 Å². The van der Waals surface area contributed by atoms with E-state index in [9.17, 15) is 8.78 Å². The molecule has 1 heterocycles. The topological polar surface area (TPSA) is 22.1 Å². The van der Waals surface area contributed by atoms with Crippen LogP contribution in [0.15, 0.2) is 12.3 Å². The van der Waals surface area contributed by atoms with Gasteiger partial charge in [0.2, 0.25) is 0 Å². The molecule has 0 atom stereocenters. The fourth-order valence-electron chi connectivity index (χ4n) is 1.00. The van der Waals surface area contributed by atoms with Crippen molar-refractivity contribution in [2.24, 2.45) is 0 Å². The molecule has 0 N–H and O–H groups in total. The number of pyridine rings is 1. The number of ether oxygens (including phenoxy) is 1. The zero-order chi connectivity index (χ0) is 9.84. The molecule has 0 fully saturated rings. The first-order chi connectivity index (χ1) is 6.20. The van der Waals surface area contributed by atoms with Crippen LogP contribution < -0.4 is 4.74 Å². The fraction of sp³-hybridized carbons (Fsp3) is 0.375. The lowest BCUT2D eigenvalue weighted by Crippen LogP contribution is -1.99. The smallest absolute Gasteiger partial charge is 0.280 e. The summed E-state index contributed by atoms with van der Waals surface area (Å²) in [5.74, 6) is 0.433. The van der Waals surface area contributed by atoms with Crippen molar-refractivity contribution in [3.8, 4) is 5.75 Å². The Hall–Kier alpha value is -0.710. The van der Waals surface area contributed by atoms with Gasteiger partial charge >= 0.3 is 0 Å². The number of rotatable bonds is 3. The maximum absolute atomic E-state index is 12.4. The number of halogens is 3. The van der Waals surface area contributed by atoms with Crippen molar-refractivity contribution in [1.29, 1.82) is 0 Å². The van der Waals surface area contributed by atoms with Gasteiger partial charge in [-0.05, 0) is 6.07 Å². The van der Waals surface area contributed by atoms with Crippen LogP contribution in [0.3, 0.4) is 0 Å². The molecule has 1 aromatic rings. The Morgan fingerprint density at radius 3 is 2.77 bits per heavy atom. The van der Waals surface area contributed by atoms with Crippen molar-refractivity contribution in [2.75, 3.05) is 7.11 Å². The molecule has 13 heavy (non-hydrogen) atoms. The van der Waals surface area contributed by atoms with E-state index in [4.69, 9.17) is 4.74 Å². The number of aromatic nitrogens is 1. The van der Waals surface area contributed by atoms with Crippen molar-refractivity contribution in [3.05, 3.63) is 23.5 Å². The lowest BCUT2D eigenvalue weighted by Gasteiger charge is -2.09. The largest absolute Gasteiger partial charge is 0.496 e. The summed E-state index contributed by atoms with van der Waals surface area (Å²) in [5.41, 5.74) is 0.177. The summed E-state index contributed by atoms with van der Waals surface area (Å²) in [5, 5.41) is 0.309. The van der Waals surface area contributed by atoms with E-state index < -0.39 is 6.43 Å². The number of alkyl halides is 3. The van der Waals surface area contributed by atoms with Gasteiger partial charge in [0.05, 0.1) is 7.11 Å². The first-order valence-corrected chi connectivity index (χ1v) is 4.68. The molecule has 0 amide bonds. The highest BCUT2D eigenvalue weighted by Gasteiger charge is 2.17. The molecular weight excluding hydrogens is 244 g/mol. The van der Waals surface area contributed by atoms with E-state index in [2.05, 4.69) is 20.9 Å². The SMILES string of the molecule is COc1ccnc(C(F)F)c1CBr. The van der Waals surface area contributed by atoms with Crippen LogP contribution in [0.25, 0.3) is 0 Å². The Morgan fingerprint density at radius 2 is 2.31 bits per heavy atom. The van der Waals surface area contributed by atoms with Crippen LogP contribution in [0.1, 0.15) is 17.7 Å². The van der Waals surface area contributed by atoms with Gasteiger partial charge in [0, 0.05) is 17.1 Å². The second kappa shape index (κ2) is 4.50. The lowest BCUT2D eigenvalue weighted by atomic mass is 10.2. The normalized spacial score (nSPS) is 10.5. The molecular formula is C8H8BrF2NO. The molecule has 0 spiro atoms. The Labute approximate surface area is 83.1 Å². The molecule has 0 aliphatic rings. The second-order valence-electron chi connectivity index (χ2n) is 2.31. The van der Waals surface area contributed by atoms with E-state index in [0.29, 0.717) is 16.6 Å². The zero-order valence-corrected chi connectivity index (χ0v) is 8.51. The molecule has 0 aliphatic heterocycles. The molecule has 2 nitrogen and oxygen atoms in total. The Bertz CT molecular complexity index is 293. The van der Waals surface area contributed by atoms with Crippen LogP contribution in [0.4, 0.5) is 8.78 Å². The van der Waals surface area contributed by atoms with Gasteiger partial charge in [-0.2, -0.15) is 0 Å². The summed E-state index contributed by atoms with van der Waals surface area (Å²) in [4.78, 5) is 3.60. The van der Waals surface area contributed by atoms with Gasteiger partial charge in [0.1, 0.15) is 11.4 Å². The quantitative estimate of drug-likeness (QED) is 0.771. The third-order valence-electron chi connectivity index (χ3n) is 1.61. The molecule has 1 rings (SSSR count). The minimum atomic E-state index is -2.57. The minimum absolute atomic E-state index is 0.226. The average Bonchev–Trinajstić information content (AvgIpc) is 2.16. The highest BCUT2D eigenvalue weighted by atomic mass is 79.9. The van der Waals surface area contributed by atoms with Gasteiger partial charge in [-0.1, -0.05) is 15.9 Å².